The molecule has 0 radical (unpaired) electrons. The van der Waals surface area contributed by atoms with E-state index in [2.05, 4.69) is 16.9 Å². The number of hydrogen-bond acceptors (Lipinski definition) is 5. The summed E-state index contributed by atoms with van der Waals surface area (Å²) in [6.07, 6.45) is 6.20. The van der Waals surface area contributed by atoms with Crippen LogP contribution in [0, 0.1) is 5.92 Å². The summed E-state index contributed by atoms with van der Waals surface area (Å²) < 4.78 is 11.5. The predicted octanol–water partition coefficient (Wildman–Crippen LogP) is 1.59. The maximum atomic E-state index is 13.1. The maximum absolute atomic E-state index is 13.1. The molecule has 2 aliphatic heterocycles. The Labute approximate surface area is 149 Å². The highest BCUT2D eigenvalue weighted by molar-refractivity contribution is 5.92. The van der Waals surface area contributed by atoms with Crippen LogP contribution in [0.25, 0.3) is 0 Å². The summed E-state index contributed by atoms with van der Waals surface area (Å²) in [6, 6.07) is 1.92. The second-order valence-corrected chi connectivity index (χ2v) is 7.54. The Balaban J connectivity index is 1.48. The Morgan fingerprint density at radius 3 is 3.04 bits per heavy atom. The molecule has 6 heteroatoms. The first-order valence-electron chi connectivity index (χ1n) is 9.40. The summed E-state index contributed by atoms with van der Waals surface area (Å²) in [6.45, 7) is 4.77. The number of hydrogen-bond donors (Lipinski definition) is 0. The van der Waals surface area contributed by atoms with Gasteiger partial charge in [-0.1, -0.05) is 0 Å². The minimum absolute atomic E-state index is 0.0251. The normalized spacial score (nSPS) is 23.6. The smallest absolute Gasteiger partial charge is 0.272 e. The van der Waals surface area contributed by atoms with Gasteiger partial charge in [-0.15, -0.1) is 0 Å². The fraction of sp³-hybridized carbons (Fsp3) is 0.684. The Kier molecular flexibility index (Phi) is 4.90. The van der Waals surface area contributed by atoms with E-state index >= 15 is 0 Å². The van der Waals surface area contributed by atoms with Gasteiger partial charge < -0.3 is 19.3 Å². The summed E-state index contributed by atoms with van der Waals surface area (Å²) in [5, 5.41) is 0. The Morgan fingerprint density at radius 1 is 1.36 bits per heavy atom. The molecule has 0 N–H and O–H groups in total. The number of nitrogens with zero attached hydrogens (tertiary/aromatic N) is 3. The zero-order valence-electron chi connectivity index (χ0n) is 14.9. The highest BCUT2D eigenvalue weighted by atomic mass is 16.5. The van der Waals surface area contributed by atoms with E-state index in [9.17, 15) is 4.79 Å². The Morgan fingerprint density at radius 2 is 2.24 bits per heavy atom. The molecule has 0 unspecified atom stereocenters. The van der Waals surface area contributed by atoms with E-state index in [1.165, 1.54) is 12.8 Å². The number of ether oxygens (including phenoxy) is 2. The largest absolute Gasteiger partial charge is 0.492 e. The Bertz CT molecular complexity index is 632. The lowest BCUT2D eigenvalue weighted by Gasteiger charge is -2.34. The van der Waals surface area contributed by atoms with Gasteiger partial charge in [-0.05, 0) is 50.3 Å². The summed E-state index contributed by atoms with van der Waals surface area (Å²) in [4.78, 5) is 21.7. The van der Waals surface area contributed by atoms with Gasteiger partial charge in [0, 0.05) is 26.2 Å². The van der Waals surface area contributed by atoms with Crippen LogP contribution in [0.4, 0.5) is 0 Å². The molecule has 1 atom stereocenters. The van der Waals surface area contributed by atoms with E-state index in [0.29, 0.717) is 18.2 Å². The predicted molar refractivity (Wildman–Crippen MR) is 93.9 cm³/mol. The summed E-state index contributed by atoms with van der Waals surface area (Å²) in [7, 11) is 2.10. The van der Waals surface area contributed by atoms with Gasteiger partial charge in [0.15, 0.2) is 0 Å². The van der Waals surface area contributed by atoms with Gasteiger partial charge in [-0.3, -0.25) is 4.79 Å². The molecule has 25 heavy (non-hydrogen) atoms. The number of pyridine rings is 1. The lowest BCUT2D eigenvalue weighted by molar-refractivity contribution is -0.0332. The number of aromatic nitrogens is 1. The number of carbonyl (C=O) groups is 1. The van der Waals surface area contributed by atoms with E-state index in [1.54, 1.807) is 6.20 Å². The van der Waals surface area contributed by atoms with Crippen molar-refractivity contribution in [2.75, 3.05) is 46.4 Å². The van der Waals surface area contributed by atoms with Crippen LogP contribution in [0.1, 0.15) is 35.3 Å². The van der Waals surface area contributed by atoms with Gasteiger partial charge in [0.05, 0.1) is 25.5 Å². The standard InChI is InChI=1S/C19H27N3O3/c1-21-6-8-24-16(12-21)13-22(11-14-4-5-14)19(23)17-9-15-3-2-7-25-18(15)10-20-17/h9-10,14,16H,2-8,11-13H2,1H3/t16-/m0/s1. The third kappa shape index (κ3) is 4.12. The molecule has 2 fully saturated rings. The second kappa shape index (κ2) is 7.30. The Hall–Kier alpha value is -1.66. The van der Waals surface area contributed by atoms with Crippen LogP contribution in [-0.2, 0) is 11.2 Å². The minimum Gasteiger partial charge on any atom is -0.492 e. The fourth-order valence-electron chi connectivity index (χ4n) is 3.61. The monoisotopic (exact) mass is 345 g/mol. The van der Waals surface area contributed by atoms with Crippen LogP contribution in [-0.4, -0.2) is 73.2 Å². The SMILES string of the molecule is CN1CCO[C@H](CN(CC2CC2)C(=O)c2cc3c(cn2)OCCC3)C1. The molecule has 6 nitrogen and oxygen atoms in total. The second-order valence-electron chi connectivity index (χ2n) is 7.54. The first-order chi connectivity index (χ1) is 12.2. The maximum Gasteiger partial charge on any atom is 0.272 e. The average molecular weight is 345 g/mol. The van der Waals surface area contributed by atoms with E-state index < -0.39 is 0 Å². The molecule has 1 saturated carbocycles. The molecule has 1 amide bonds. The molecule has 3 heterocycles. The van der Waals surface area contributed by atoms with Crippen molar-refractivity contribution >= 4 is 5.91 Å². The molecule has 1 saturated heterocycles. The van der Waals surface area contributed by atoms with Gasteiger partial charge in [0.25, 0.3) is 5.91 Å². The van der Waals surface area contributed by atoms with Crippen molar-refractivity contribution in [3.8, 4) is 5.75 Å². The molecule has 1 aromatic heterocycles. The third-order valence-electron chi connectivity index (χ3n) is 5.24. The van der Waals surface area contributed by atoms with Gasteiger partial charge in [-0.2, -0.15) is 0 Å². The molecular formula is C19H27N3O3. The number of aryl methyl sites for hydroxylation is 1. The highest BCUT2D eigenvalue weighted by Gasteiger charge is 2.31. The fourth-order valence-corrected chi connectivity index (χ4v) is 3.61. The van der Waals surface area contributed by atoms with E-state index in [-0.39, 0.29) is 12.0 Å². The van der Waals surface area contributed by atoms with E-state index in [1.807, 2.05) is 11.0 Å². The summed E-state index contributed by atoms with van der Waals surface area (Å²) >= 11 is 0. The number of fused-ring (bicyclic) bond motifs is 1. The lowest BCUT2D eigenvalue weighted by Crippen LogP contribution is -2.48. The van der Waals surface area contributed by atoms with Crippen LogP contribution in [0.15, 0.2) is 12.3 Å². The quantitative estimate of drug-likeness (QED) is 0.811. The molecule has 136 valence electrons. The van der Waals surface area contributed by atoms with Gasteiger partial charge in [-0.25, -0.2) is 4.98 Å². The molecule has 3 aliphatic rings. The first-order valence-corrected chi connectivity index (χ1v) is 9.40. The van der Waals surface area contributed by atoms with Crippen molar-refractivity contribution in [1.82, 2.24) is 14.8 Å². The molecule has 0 spiro atoms. The van der Waals surface area contributed by atoms with Crippen LogP contribution in [0.3, 0.4) is 0 Å². The number of amides is 1. The molecule has 0 bridgehead atoms. The van der Waals surface area contributed by atoms with Crippen LogP contribution in [0.2, 0.25) is 0 Å². The topological polar surface area (TPSA) is 54.9 Å². The van der Waals surface area contributed by atoms with E-state index in [0.717, 1.165) is 57.0 Å². The van der Waals surface area contributed by atoms with Gasteiger partial charge in [0.1, 0.15) is 11.4 Å². The summed E-state index contributed by atoms with van der Waals surface area (Å²) in [5.74, 6) is 1.50. The number of morpholine rings is 1. The van der Waals surface area contributed by atoms with Crippen molar-refractivity contribution in [2.45, 2.75) is 31.8 Å². The van der Waals surface area contributed by atoms with Gasteiger partial charge >= 0.3 is 0 Å². The van der Waals surface area contributed by atoms with Crippen LogP contribution < -0.4 is 4.74 Å². The summed E-state index contributed by atoms with van der Waals surface area (Å²) in [5.41, 5.74) is 1.64. The molecule has 0 aromatic carbocycles. The molecular weight excluding hydrogens is 318 g/mol. The number of carbonyl (C=O) groups excluding carboxylic acids is 1. The van der Waals surface area contributed by atoms with Crippen molar-refractivity contribution in [3.63, 3.8) is 0 Å². The third-order valence-corrected chi connectivity index (χ3v) is 5.24. The molecule has 4 rings (SSSR count). The highest BCUT2D eigenvalue weighted by Crippen LogP contribution is 2.31. The van der Waals surface area contributed by atoms with Crippen molar-refractivity contribution in [1.29, 1.82) is 0 Å². The zero-order valence-corrected chi connectivity index (χ0v) is 14.9. The van der Waals surface area contributed by atoms with Crippen LogP contribution in [0.5, 0.6) is 5.75 Å². The molecule has 1 aromatic rings. The van der Waals surface area contributed by atoms with Crippen LogP contribution >= 0.6 is 0 Å². The first kappa shape index (κ1) is 16.8. The number of rotatable bonds is 5. The molecule has 1 aliphatic carbocycles. The lowest BCUT2D eigenvalue weighted by atomic mass is 10.1. The number of likely N-dealkylation sites (N-methyl/N-ethyl adjacent to an activating group) is 1. The van der Waals surface area contributed by atoms with Gasteiger partial charge in [0.2, 0.25) is 0 Å². The zero-order chi connectivity index (χ0) is 17.2. The average Bonchev–Trinajstić information content (AvgIpc) is 3.44. The van der Waals surface area contributed by atoms with Crippen molar-refractivity contribution in [2.24, 2.45) is 5.92 Å². The van der Waals surface area contributed by atoms with Crippen molar-refractivity contribution < 1.29 is 14.3 Å². The van der Waals surface area contributed by atoms with E-state index in [4.69, 9.17) is 9.47 Å². The van der Waals surface area contributed by atoms with Crippen molar-refractivity contribution in [3.05, 3.63) is 23.5 Å². The minimum atomic E-state index is 0.0251.